The third kappa shape index (κ3) is 7.10. The molecule has 298 valence electrons. The van der Waals surface area contributed by atoms with Crippen LogP contribution in [0.15, 0.2) is 109 Å². The van der Waals surface area contributed by atoms with Gasteiger partial charge in [0.1, 0.15) is 0 Å². The number of rotatable bonds is 13. The van der Waals surface area contributed by atoms with E-state index in [2.05, 4.69) is 20.6 Å². The number of nitro groups is 1. The SMILES string of the molecule is C[C@@H]1[C@@H]([Si](C)(C)O)[C@H](CCn2cc(C(CO)c3ccccc3)nn2)O[C@@]12C(=O)N(Cc1cccc(NC(=O)Cc3c[nH]c4ccccc34)c1)c1ccc([N+](=O)[O-])cc12. The van der Waals surface area contributed by atoms with Crippen molar-refractivity contribution in [2.24, 2.45) is 5.92 Å². The van der Waals surface area contributed by atoms with Crippen LogP contribution < -0.4 is 10.2 Å². The number of H-pyrrole nitrogens is 1. The molecule has 2 aliphatic heterocycles. The zero-order valence-corrected chi connectivity index (χ0v) is 33.4. The highest BCUT2D eigenvalue weighted by Gasteiger charge is 2.66. The van der Waals surface area contributed by atoms with Gasteiger partial charge in [0.2, 0.25) is 5.91 Å². The van der Waals surface area contributed by atoms with Crippen LogP contribution in [0, 0.1) is 16.0 Å². The first-order chi connectivity index (χ1) is 27.9. The van der Waals surface area contributed by atoms with Gasteiger partial charge in [-0.1, -0.05) is 72.8 Å². The van der Waals surface area contributed by atoms with Crippen LogP contribution in [0.3, 0.4) is 0 Å². The van der Waals surface area contributed by atoms with Gasteiger partial charge in [0, 0.05) is 64.7 Å². The van der Waals surface area contributed by atoms with Gasteiger partial charge in [0.25, 0.3) is 11.6 Å². The van der Waals surface area contributed by atoms with Crippen molar-refractivity contribution < 1.29 is 29.2 Å². The van der Waals surface area contributed by atoms with E-state index >= 15 is 4.79 Å². The number of hydrogen-bond donors (Lipinski definition) is 4. The number of non-ortho nitro benzene ring substituents is 1. The minimum atomic E-state index is -3.04. The zero-order valence-electron chi connectivity index (χ0n) is 32.4. The van der Waals surface area contributed by atoms with E-state index < -0.39 is 36.4 Å². The molecule has 2 aromatic heterocycles. The third-order valence-electron chi connectivity index (χ3n) is 11.7. The number of benzene rings is 4. The Kier molecular flexibility index (Phi) is 10.3. The molecule has 14 nitrogen and oxygen atoms in total. The summed E-state index contributed by atoms with van der Waals surface area (Å²) in [4.78, 5) is 56.4. The second kappa shape index (κ2) is 15.4. The van der Waals surface area contributed by atoms with Crippen LogP contribution in [0.25, 0.3) is 10.9 Å². The highest BCUT2D eigenvalue weighted by Crippen LogP contribution is 2.60. The van der Waals surface area contributed by atoms with Crippen LogP contribution >= 0.6 is 0 Å². The topological polar surface area (TPSA) is 189 Å². The van der Waals surface area contributed by atoms with Gasteiger partial charge in [-0.25, -0.2) is 0 Å². The van der Waals surface area contributed by atoms with Gasteiger partial charge in [-0.3, -0.25) is 24.4 Å². The Morgan fingerprint density at radius 1 is 1.07 bits per heavy atom. The van der Waals surface area contributed by atoms with Crippen LogP contribution in [0.5, 0.6) is 0 Å². The molecule has 0 aliphatic carbocycles. The van der Waals surface area contributed by atoms with Gasteiger partial charge in [-0.15, -0.1) is 5.10 Å². The van der Waals surface area contributed by atoms with Crippen LogP contribution in [0.2, 0.25) is 18.6 Å². The summed E-state index contributed by atoms with van der Waals surface area (Å²) in [5.74, 6) is -1.45. The Bertz CT molecular complexity index is 2500. The highest BCUT2D eigenvalue weighted by atomic mass is 28.4. The summed E-state index contributed by atoms with van der Waals surface area (Å²) >= 11 is 0. The number of nitrogens with one attached hydrogen (secondary N) is 2. The molecule has 4 aromatic carbocycles. The fourth-order valence-corrected chi connectivity index (χ4v) is 11.7. The van der Waals surface area contributed by atoms with Gasteiger partial charge in [-0.05, 0) is 60.5 Å². The normalized spacial score (nSPS) is 20.8. The van der Waals surface area contributed by atoms with Crippen molar-refractivity contribution in [1.82, 2.24) is 20.0 Å². The molecule has 8 rings (SSSR count). The first kappa shape index (κ1) is 38.9. The standard InChI is InChI=1S/C43H45N7O7Si/c1-27-41(58(2,3)56)39(18-19-48-25-37(46-47-48)34(26-51)29-11-5-4-6-12-29)57-43(27)35-22-32(50(54)55)16-17-38(35)49(42(43)53)24-28-10-9-13-31(20-28)45-40(52)21-30-23-44-36-15-8-7-14-33(30)36/h4-17,20,22-23,25,27,34,39,41,44,51,56H,18-19,21,24,26H2,1-3H3,(H,45,52)/t27-,34?,39+,41-,43+/m1/s1. The Balaban J connectivity index is 1.05. The Hall–Kier alpha value is -6.00. The van der Waals surface area contributed by atoms with E-state index in [9.17, 15) is 24.8 Å². The van der Waals surface area contributed by atoms with E-state index in [0.717, 1.165) is 27.6 Å². The first-order valence-corrected chi connectivity index (χ1v) is 22.4. The van der Waals surface area contributed by atoms with Crippen molar-refractivity contribution in [1.29, 1.82) is 0 Å². The molecule has 0 saturated carbocycles. The number of hydrogen-bond acceptors (Lipinski definition) is 9. The lowest BCUT2D eigenvalue weighted by Gasteiger charge is -2.32. The molecule has 1 saturated heterocycles. The quantitative estimate of drug-likeness (QED) is 0.0582. The van der Waals surface area contributed by atoms with Crippen molar-refractivity contribution in [2.45, 2.75) is 69.1 Å². The number of amides is 2. The molecule has 1 unspecified atom stereocenters. The summed E-state index contributed by atoms with van der Waals surface area (Å²) in [7, 11) is -3.04. The van der Waals surface area contributed by atoms with Crippen molar-refractivity contribution in [3.05, 3.63) is 148 Å². The van der Waals surface area contributed by atoms with E-state index in [1.54, 1.807) is 27.9 Å². The number of aromatic nitrogens is 4. The Morgan fingerprint density at radius 2 is 1.84 bits per heavy atom. The van der Waals surface area contributed by atoms with E-state index in [-0.39, 0.29) is 43.0 Å². The second-order valence-electron chi connectivity index (χ2n) is 15.8. The number of nitro benzene ring substituents is 1. The van der Waals surface area contributed by atoms with Crippen LogP contribution in [-0.2, 0) is 39.4 Å². The smallest absolute Gasteiger partial charge is 0.269 e. The maximum absolute atomic E-state index is 15.0. The number of carbonyl (C=O) groups is 2. The number of nitrogens with zero attached hydrogens (tertiary/aromatic N) is 5. The monoisotopic (exact) mass is 799 g/mol. The van der Waals surface area contributed by atoms with Crippen LogP contribution in [0.1, 0.15) is 47.2 Å². The lowest BCUT2D eigenvalue weighted by molar-refractivity contribution is -0.385. The minimum Gasteiger partial charge on any atom is -0.432 e. The Morgan fingerprint density at radius 3 is 2.60 bits per heavy atom. The predicted octanol–water partition coefficient (Wildman–Crippen LogP) is 6.41. The van der Waals surface area contributed by atoms with Crippen molar-refractivity contribution in [3.8, 4) is 0 Å². The lowest BCUT2D eigenvalue weighted by Crippen LogP contribution is -2.46. The third-order valence-corrected chi connectivity index (χ3v) is 14.2. The average Bonchev–Trinajstić information content (AvgIpc) is 3.96. The van der Waals surface area contributed by atoms with Gasteiger partial charge in [-0.2, -0.15) is 0 Å². The van der Waals surface area contributed by atoms with E-state index in [4.69, 9.17) is 4.74 Å². The van der Waals surface area contributed by atoms with Crippen LogP contribution in [-0.4, -0.2) is 67.6 Å². The number of para-hydroxylation sites is 1. The lowest BCUT2D eigenvalue weighted by atomic mass is 9.82. The predicted molar refractivity (Wildman–Crippen MR) is 221 cm³/mol. The molecule has 1 fully saturated rings. The summed E-state index contributed by atoms with van der Waals surface area (Å²) in [6.45, 7) is 5.86. The van der Waals surface area contributed by atoms with Gasteiger partial charge < -0.3 is 29.8 Å². The van der Waals surface area contributed by atoms with Gasteiger partial charge >= 0.3 is 0 Å². The molecule has 15 heteroatoms. The Labute approximate surface area is 335 Å². The summed E-state index contributed by atoms with van der Waals surface area (Å²) < 4.78 is 8.60. The van der Waals surface area contributed by atoms with Crippen molar-refractivity contribution in [2.75, 3.05) is 16.8 Å². The molecule has 1 spiro atoms. The number of fused-ring (bicyclic) bond motifs is 3. The number of carbonyl (C=O) groups excluding carboxylic acids is 2. The minimum absolute atomic E-state index is 0.109. The zero-order chi connectivity index (χ0) is 40.8. The summed E-state index contributed by atoms with van der Waals surface area (Å²) in [6.07, 6.45) is 3.58. The van der Waals surface area contributed by atoms with E-state index in [1.165, 1.54) is 12.1 Å². The molecule has 2 aliphatic rings. The fourth-order valence-electron chi connectivity index (χ4n) is 9.09. The van der Waals surface area contributed by atoms with Crippen molar-refractivity contribution in [3.63, 3.8) is 0 Å². The number of aliphatic hydroxyl groups excluding tert-OH is 1. The molecular formula is C43H45N7O7Si. The van der Waals surface area contributed by atoms with Gasteiger partial charge in [0.15, 0.2) is 13.9 Å². The highest BCUT2D eigenvalue weighted by molar-refractivity contribution is 6.71. The summed E-state index contributed by atoms with van der Waals surface area (Å²) in [6, 6.07) is 29.0. The summed E-state index contributed by atoms with van der Waals surface area (Å²) in [5, 5.41) is 35.0. The number of aliphatic hydroxyl groups is 1. The second-order valence-corrected chi connectivity index (χ2v) is 19.8. The van der Waals surface area contributed by atoms with E-state index in [0.29, 0.717) is 35.6 Å². The largest absolute Gasteiger partial charge is 0.432 e. The molecule has 5 atom stereocenters. The molecule has 0 bridgehead atoms. The maximum atomic E-state index is 15.0. The van der Waals surface area contributed by atoms with Gasteiger partial charge in [0.05, 0.1) is 47.9 Å². The molecule has 58 heavy (non-hydrogen) atoms. The molecule has 2 amide bonds. The molecular weight excluding hydrogens is 755 g/mol. The van der Waals surface area contributed by atoms with Crippen molar-refractivity contribution >= 4 is 48.1 Å². The molecule has 4 N–H and O–H groups in total. The number of ether oxygens (including phenoxy) is 1. The van der Waals surface area contributed by atoms with E-state index in [1.807, 2.05) is 99.0 Å². The number of aromatic amines is 1. The molecule has 0 radical (unpaired) electrons. The molecule has 4 heterocycles. The molecule has 6 aromatic rings. The number of anilines is 2. The maximum Gasteiger partial charge on any atom is 0.269 e. The first-order valence-electron chi connectivity index (χ1n) is 19.4. The fraction of sp³-hybridized carbons (Fsp3) is 0.302. The number of aryl methyl sites for hydroxylation is 1. The summed E-state index contributed by atoms with van der Waals surface area (Å²) in [5.41, 5.74) is 3.35. The van der Waals surface area contributed by atoms with Crippen LogP contribution in [0.4, 0.5) is 17.1 Å². The average molecular weight is 800 g/mol.